The van der Waals surface area contributed by atoms with Crippen LogP contribution in [0.1, 0.15) is 11.1 Å². The summed E-state index contributed by atoms with van der Waals surface area (Å²) in [6.07, 6.45) is 3.62. The van der Waals surface area contributed by atoms with Gasteiger partial charge < -0.3 is 10.4 Å². The number of hydrogen-bond acceptors (Lipinski definition) is 4. The van der Waals surface area contributed by atoms with E-state index in [1.54, 1.807) is 18.3 Å². The number of hydrogen-bond donors (Lipinski definition) is 2. The molecule has 6 heteroatoms. The Morgan fingerprint density at radius 2 is 1.73 bits per heavy atom. The molecule has 2 aromatic heterocycles. The van der Waals surface area contributed by atoms with Crippen molar-refractivity contribution >= 4 is 33.1 Å². The third kappa shape index (κ3) is 2.93. The summed E-state index contributed by atoms with van der Waals surface area (Å²) in [5.74, 6) is 1.08. The van der Waals surface area contributed by atoms with Crippen molar-refractivity contribution in [1.29, 1.82) is 0 Å². The zero-order valence-corrected chi connectivity index (χ0v) is 15.9. The number of para-hydroxylation sites is 1. The van der Waals surface area contributed by atoms with E-state index in [0.29, 0.717) is 0 Å². The molecular formula is C20H17BrN4O. The number of phenolic OH excluding ortho intramolecular Hbond substituents is 1. The van der Waals surface area contributed by atoms with Crippen LogP contribution in [0.4, 0.5) is 11.5 Å². The Labute approximate surface area is 159 Å². The lowest BCUT2D eigenvalue weighted by Gasteiger charge is -2.14. The first-order valence-corrected chi connectivity index (χ1v) is 8.98. The lowest BCUT2D eigenvalue weighted by molar-refractivity contribution is 0.475. The number of nitrogens with zero attached hydrogens (tertiary/aromatic N) is 3. The molecule has 2 N–H and O–H groups in total. The van der Waals surface area contributed by atoms with E-state index in [-0.39, 0.29) is 5.75 Å². The zero-order valence-electron chi connectivity index (χ0n) is 14.4. The first-order valence-electron chi connectivity index (χ1n) is 8.19. The molecule has 0 atom stereocenters. The van der Waals surface area contributed by atoms with Gasteiger partial charge in [-0.05, 0) is 65.2 Å². The first-order chi connectivity index (χ1) is 12.5. The molecule has 4 rings (SSSR count). The topological polar surface area (TPSA) is 62.5 Å². The molecule has 130 valence electrons. The van der Waals surface area contributed by atoms with Gasteiger partial charge in [0.15, 0.2) is 5.65 Å². The molecule has 5 nitrogen and oxygen atoms in total. The summed E-state index contributed by atoms with van der Waals surface area (Å²) in [4.78, 5) is 9.02. The predicted molar refractivity (Wildman–Crippen MR) is 107 cm³/mol. The van der Waals surface area contributed by atoms with E-state index in [9.17, 15) is 5.11 Å². The molecule has 0 aliphatic carbocycles. The van der Waals surface area contributed by atoms with E-state index in [2.05, 4.69) is 52.2 Å². The number of nitrogens with one attached hydrogen (secondary N) is 1. The minimum atomic E-state index is 0.228. The Morgan fingerprint density at radius 1 is 1.04 bits per heavy atom. The minimum Gasteiger partial charge on any atom is -0.508 e. The highest BCUT2D eigenvalue weighted by Gasteiger charge is 2.16. The molecule has 0 spiro atoms. The van der Waals surface area contributed by atoms with Gasteiger partial charge in [-0.2, -0.15) is 0 Å². The van der Waals surface area contributed by atoms with Crippen LogP contribution in [0.25, 0.3) is 16.9 Å². The van der Waals surface area contributed by atoms with E-state index in [1.807, 2.05) is 28.8 Å². The van der Waals surface area contributed by atoms with Crippen molar-refractivity contribution < 1.29 is 5.11 Å². The van der Waals surface area contributed by atoms with Gasteiger partial charge in [-0.1, -0.05) is 18.2 Å². The zero-order chi connectivity index (χ0) is 18.3. The first kappa shape index (κ1) is 16.6. The quantitative estimate of drug-likeness (QED) is 0.487. The maximum atomic E-state index is 9.60. The molecule has 0 aliphatic rings. The van der Waals surface area contributed by atoms with Crippen LogP contribution in [0.2, 0.25) is 0 Å². The summed E-state index contributed by atoms with van der Waals surface area (Å²) in [5, 5.41) is 13.2. The lowest BCUT2D eigenvalue weighted by Crippen LogP contribution is -2.01. The van der Waals surface area contributed by atoms with Crippen LogP contribution in [0.5, 0.6) is 5.75 Å². The number of phenols is 1. The fourth-order valence-corrected chi connectivity index (χ4v) is 3.31. The molecule has 0 saturated carbocycles. The number of halogens is 1. The van der Waals surface area contributed by atoms with Crippen LogP contribution in [-0.4, -0.2) is 19.5 Å². The molecule has 0 aliphatic heterocycles. The molecule has 4 aromatic rings. The predicted octanol–water partition coefficient (Wildman–Crippen LogP) is 5.22. The molecule has 2 aromatic carbocycles. The second kappa shape index (κ2) is 6.46. The number of anilines is 2. The molecule has 0 unspecified atom stereocenters. The monoisotopic (exact) mass is 408 g/mol. The van der Waals surface area contributed by atoms with Crippen molar-refractivity contribution in [2.75, 3.05) is 5.32 Å². The van der Waals surface area contributed by atoms with Crippen molar-refractivity contribution in [3.63, 3.8) is 0 Å². The highest BCUT2D eigenvalue weighted by Crippen LogP contribution is 2.34. The Bertz CT molecular complexity index is 1080. The lowest BCUT2D eigenvalue weighted by atomic mass is 10.1. The van der Waals surface area contributed by atoms with E-state index >= 15 is 0 Å². The maximum absolute atomic E-state index is 9.60. The maximum Gasteiger partial charge on any atom is 0.157 e. The van der Waals surface area contributed by atoms with E-state index in [1.165, 1.54) is 0 Å². The Kier molecular flexibility index (Phi) is 4.12. The summed E-state index contributed by atoms with van der Waals surface area (Å²) in [5.41, 5.74) is 5.82. The molecule has 0 bridgehead atoms. The van der Waals surface area contributed by atoms with Crippen molar-refractivity contribution in [2.45, 2.75) is 13.8 Å². The van der Waals surface area contributed by atoms with Crippen LogP contribution in [0.3, 0.4) is 0 Å². The fourth-order valence-electron chi connectivity index (χ4n) is 3.00. The summed E-state index contributed by atoms with van der Waals surface area (Å²) >= 11 is 3.44. The van der Waals surface area contributed by atoms with Gasteiger partial charge in [0.1, 0.15) is 21.9 Å². The van der Waals surface area contributed by atoms with E-state index in [0.717, 1.165) is 44.1 Å². The van der Waals surface area contributed by atoms with Gasteiger partial charge in [0.2, 0.25) is 0 Å². The Hall–Kier alpha value is -2.86. The van der Waals surface area contributed by atoms with Gasteiger partial charge in [0.05, 0.1) is 6.20 Å². The third-order valence-corrected chi connectivity index (χ3v) is 4.75. The fraction of sp³-hybridized carbons (Fsp3) is 0.100. The number of imidazole rings is 1. The van der Waals surface area contributed by atoms with Crippen molar-refractivity contribution in [3.8, 4) is 17.0 Å². The SMILES string of the molecule is Cc1cccc(C)c1Nc1c(-c2ccc(O)cc2)nc2cnc(Br)cn12. The molecular weight excluding hydrogens is 392 g/mol. The number of aromatic hydroxyl groups is 1. The van der Waals surface area contributed by atoms with E-state index < -0.39 is 0 Å². The summed E-state index contributed by atoms with van der Waals surface area (Å²) in [6.45, 7) is 4.16. The van der Waals surface area contributed by atoms with Gasteiger partial charge in [-0.15, -0.1) is 0 Å². The number of aryl methyl sites for hydroxylation is 2. The number of benzene rings is 2. The average molecular weight is 409 g/mol. The van der Waals surface area contributed by atoms with Gasteiger partial charge in [-0.25, -0.2) is 9.97 Å². The normalized spacial score (nSPS) is 11.0. The molecule has 0 saturated heterocycles. The van der Waals surface area contributed by atoms with Crippen molar-refractivity contribution in [2.24, 2.45) is 0 Å². The van der Waals surface area contributed by atoms with Crippen LogP contribution in [-0.2, 0) is 0 Å². The largest absolute Gasteiger partial charge is 0.508 e. The second-order valence-corrected chi connectivity index (χ2v) is 7.00. The highest BCUT2D eigenvalue weighted by atomic mass is 79.9. The number of aromatic nitrogens is 3. The number of rotatable bonds is 3. The van der Waals surface area contributed by atoms with Crippen molar-refractivity contribution in [1.82, 2.24) is 14.4 Å². The van der Waals surface area contributed by atoms with Crippen molar-refractivity contribution in [3.05, 3.63) is 70.6 Å². The molecule has 26 heavy (non-hydrogen) atoms. The Morgan fingerprint density at radius 3 is 2.42 bits per heavy atom. The summed E-state index contributed by atoms with van der Waals surface area (Å²) < 4.78 is 2.70. The van der Waals surface area contributed by atoms with Crippen LogP contribution in [0.15, 0.2) is 59.5 Å². The second-order valence-electron chi connectivity index (χ2n) is 6.19. The van der Waals surface area contributed by atoms with Crippen LogP contribution < -0.4 is 5.32 Å². The minimum absolute atomic E-state index is 0.228. The number of fused-ring (bicyclic) bond motifs is 1. The molecule has 0 radical (unpaired) electrons. The summed E-state index contributed by atoms with van der Waals surface area (Å²) in [6, 6.07) is 13.2. The molecule has 2 heterocycles. The van der Waals surface area contributed by atoms with Gasteiger partial charge in [-0.3, -0.25) is 4.40 Å². The van der Waals surface area contributed by atoms with Crippen LogP contribution >= 0.6 is 15.9 Å². The standard InChI is InChI=1S/C20H17BrN4O/c1-12-4-3-5-13(2)18(12)24-20-19(14-6-8-15(26)9-7-14)23-17-10-22-16(21)11-25(17)20/h3-11,24,26H,1-2H3. The third-order valence-electron chi connectivity index (χ3n) is 4.34. The van der Waals surface area contributed by atoms with Gasteiger partial charge in [0.25, 0.3) is 0 Å². The highest BCUT2D eigenvalue weighted by molar-refractivity contribution is 9.10. The van der Waals surface area contributed by atoms with Gasteiger partial charge >= 0.3 is 0 Å². The molecule has 0 amide bonds. The average Bonchev–Trinajstić information content (AvgIpc) is 2.96. The van der Waals surface area contributed by atoms with Gasteiger partial charge in [0, 0.05) is 17.4 Å². The summed E-state index contributed by atoms with van der Waals surface area (Å²) in [7, 11) is 0. The molecule has 0 fully saturated rings. The smallest absolute Gasteiger partial charge is 0.157 e. The van der Waals surface area contributed by atoms with E-state index in [4.69, 9.17) is 4.98 Å². The Balaban J connectivity index is 1.94. The van der Waals surface area contributed by atoms with Crippen LogP contribution in [0, 0.1) is 13.8 Å².